The van der Waals surface area contributed by atoms with E-state index in [2.05, 4.69) is 10.4 Å². The summed E-state index contributed by atoms with van der Waals surface area (Å²) < 4.78 is 6.37. The molecule has 0 saturated heterocycles. The number of nitrogens with zero attached hydrogens (tertiary/aromatic N) is 2. The van der Waals surface area contributed by atoms with E-state index in [1.807, 2.05) is 45.9 Å². The van der Waals surface area contributed by atoms with Crippen LogP contribution in [-0.4, -0.2) is 28.7 Å². The van der Waals surface area contributed by atoms with Gasteiger partial charge < -0.3 is 4.74 Å². The van der Waals surface area contributed by atoms with Crippen molar-refractivity contribution >= 4 is 33.3 Å². The van der Waals surface area contributed by atoms with Crippen LogP contribution in [0.3, 0.4) is 0 Å². The second-order valence-corrected chi connectivity index (χ2v) is 6.80. The van der Waals surface area contributed by atoms with Gasteiger partial charge in [-0.2, -0.15) is 0 Å². The van der Waals surface area contributed by atoms with Crippen molar-refractivity contribution in [1.29, 1.82) is 0 Å². The average molecular weight is 293 g/mol. The predicted molar refractivity (Wildman–Crippen MR) is 82.0 cm³/mol. The quantitative estimate of drug-likeness (QED) is 0.856. The highest BCUT2D eigenvalue weighted by Crippen LogP contribution is 2.25. The summed E-state index contributed by atoms with van der Waals surface area (Å²) in [5, 5.41) is 2.36. The van der Waals surface area contributed by atoms with E-state index in [9.17, 15) is 4.79 Å². The molecule has 1 heterocycles. The Bertz CT molecular complexity index is 631. The number of aromatic nitrogens is 1. The molecule has 0 bridgehead atoms. The molecule has 5 nitrogen and oxygen atoms in total. The fourth-order valence-electron chi connectivity index (χ4n) is 1.68. The Morgan fingerprint density at radius 1 is 1.40 bits per heavy atom. The van der Waals surface area contributed by atoms with Crippen molar-refractivity contribution in [2.75, 3.05) is 12.5 Å². The van der Waals surface area contributed by atoms with E-state index in [1.54, 1.807) is 18.4 Å². The lowest BCUT2D eigenvalue weighted by atomic mass is 10.2. The van der Waals surface area contributed by atoms with E-state index in [0.29, 0.717) is 0 Å². The first-order valence-electron chi connectivity index (χ1n) is 6.35. The molecular formula is C14H19N3O2S. The molecule has 1 N–H and O–H groups in total. The number of anilines is 1. The molecule has 2 rings (SSSR count). The van der Waals surface area contributed by atoms with Crippen LogP contribution in [0.1, 0.15) is 25.8 Å². The summed E-state index contributed by atoms with van der Waals surface area (Å²) in [4.78, 5) is 16.3. The molecule has 0 aliphatic heterocycles. The Kier molecular flexibility index (Phi) is 3.85. The third-order valence-electron chi connectivity index (χ3n) is 2.46. The lowest BCUT2D eigenvalue weighted by Crippen LogP contribution is -2.37. The van der Waals surface area contributed by atoms with Crippen molar-refractivity contribution in [3.05, 3.63) is 23.2 Å². The zero-order valence-electron chi connectivity index (χ0n) is 12.4. The van der Waals surface area contributed by atoms with Crippen LogP contribution in [0.25, 0.3) is 10.2 Å². The number of carbonyl (C=O) groups excluding carboxylic acids is 1. The van der Waals surface area contributed by atoms with Crippen molar-refractivity contribution in [2.45, 2.75) is 33.3 Å². The number of aryl methyl sites for hydroxylation is 1. The van der Waals surface area contributed by atoms with Crippen LogP contribution in [-0.2, 0) is 4.74 Å². The third-order valence-corrected chi connectivity index (χ3v) is 3.39. The molecule has 0 aliphatic carbocycles. The fraction of sp³-hybridized carbons (Fsp3) is 0.429. The maximum Gasteiger partial charge on any atom is 0.428 e. The summed E-state index contributed by atoms with van der Waals surface area (Å²) in [6.07, 6.45) is -0.418. The highest BCUT2D eigenvalue weighted by Gasteiger charge is 2.19. The molecule has 0 aliphatic rings. The van der Waals surface area contributed by atoms with E-state index in [-0.39, 0.29) is 0 Å². The zero-order valence-corrected chi connectivity index (χ0v) is 13.2. The van der Waals surface area contributed by atoms with E-state index < -0.39 is 11.7 Å². The minimum atomic E-state index is -0.508. The van der Waals surface area contributed by atoms with Gasteiger partial charge in [-0.1, -0.05) is 0 Å². The van der Waals surface area contributed by atoms with E-state index in [4.69, 9.17) is 4.74 Å². The number of rotatable bonds is 2. The highest BCUT2D eigenvalue weighted by atomic mass is 32.1. The number of ether oxygens (including phenoxy) is 1. The van der Waals surface area contributed by atoms with E-state index in [0.717, 1.165) is 20.9 Å². The Morgan fingerprint density at radius 2 is 2.10 bits per heavy atom. The third kappa shape index (κ3) is 3.60. The molecule has 1 aromatic heterocycles. The van der Waals surface area contributed by atoms with Crippen LogP contribution < -0.4 is 5.43 Å². The van der Waals surface area contributed by atoms with Gasteiger partial charge in [0.1, 0.15) is 5.60 Å². The summed E-state index contributed by atoms with van der Waals surface area (Å²) in [6, 6.07) is 5.80. The van der Waals surface area contributed by atoms with E-state index >= 15 is 0 Å². The van der Waals surface area contributed by atoms with Gasteiger partial charge in [0.2, 0.25) is 0 Å². The molecule has 0 unspecified atom stereocenters. The van der Waals surface area contributed by atoms with Crippen LogP contribution in [0, 0.1) is 6.92 Å². The molecule has 6 heteroatoms. The van der Waals surface area contributed by atoms with Crippen LogP contribution in [0.15, 0.2) is 18.2 Å². The number of hydrogen-bond donors (Lipinski definition) is 1. The van der Waals surface area contributed by atoms with E-state index in [1.165, 1.54) is 5.01 Å². The molecule has 0 saturated carbocycles. The van der Waals surface area contributed by atoms with Gasteiger partial charge in [0.05, 0.1) is 20.9 Å². The smallest absolute Gasteiger partial charge is 0.428 e. The normalized spacial score (nSPS) is 11.4. The van der Waals surface area contributed by atoms with Crippen LogP contribution in [0.2, 0.25) is 0 Å². The molecule has 0 atom stereocenters. The standard InChI is InChI=1S/C14H19N3O2S/c1-9-15-11-7-6-10(8-12(11)20-9)16-17(5)13(18)19-14(2,3)4/h6-8,16H,1-5H3. The molecule has 0 radical (unpaired) electrons. The maximum absolute atomic E-state index is 11.9. The second-order valence-electron chi connectivity index (χ2n) is 5.57. The van der Waals surface area contributed by atoms with Gasteiger partial charge in [0.25, 0.3) is 0 Å². The lowest BCUT2D eigenvalue weighted by Gasteiger charge is -2.25. The van der Waals surface area contributed by atoms with Gasteiger partial charge in [-0.25, -0.2) is 14.8 Å². The monoisotopic (exact) mass is 293 g/mol. The van der Waals surface area contributed by atoms with Gasteiger partial charge in [-0.3, -0.25) is 5.43 Å². The molecule has 0 fully saturated rings. The number of thiazole rings is 1. The van der Waals surface area contributed by atoms with Crippen LogP contribution in [0.5, 0.6) is 0 Å². The number of carbonyl (C=O) groups is 1. The topological polar surface area (TPSA) is 54.5 Å². The SMILES string of the molecule is Cc1nc2ccc(NN(C)C(=O)OC(C)(C)C)cc2s1. The second kappa shape index (κ2) is 5.28. The van der Waals surface area contributed by atoms with Gasteiger partial charge >= 0.3 is 6.09 Å². The number of nitrogens with one attached hydrogen (secondary N) is 1. The number of benzene rings is 1. The van der Waals surface area contributed by atoms with Crippen LogP contribution >= 0.6 is 11.3 Å². The summed E-state index contributed by atoms with van der Waals surface area (Å²) >= 11 is 1.63. The Labute approximate surface area is 122 Å². The fourth-order valence-corrected chi connectivity index (χ4v) is 2.55. The summed E-state index contributed by atoms with van der Waals surface area (Å²) in [6.45, 7) is 7.49. The number of hydrazine groups is 1. The molecule has 1 aromatic carbocycles. The summed E-state index contributed by atoms with van der Waals surface area (Å²) in [5.41, 5.74) is 4.29. The minimum Gasteiger partial charge on any atom is -0.442 e. The first kappa shape index (κ1) is 14.6. The van der Waals surface area contributed by atoms with Crippen molar-refractivity contribution in [3.8, 4) is 0 Å². The molecule has 0 spiro atoms. The first-order valence-corrected chi connectivity index (χ1v) is 7.17. The van der Waals surface area contributed by atoms with Gasteiger partial charge in [-0.05, 0) is 45.9 Å². The van der Waals surface area contributed by atoms with Gasteiger partial charge in [0, 0.05) is 7.05 Å². The Morgan fingerprint density at radius 3 is 2.75 bits per heavy atom. The summed E-state index contributed by atoms with van der Waals surface area (Å²) in [5.74, 6) is 0. The first-order chi connectivity index (χ1) is 9.24. The van der Waals surface area contributed by atoms with Crippen molar-refractivity contribution in [1.82, 2.24) is 9.99 Å². The molecule has 20 heavy (non-hydrogen) atoms. The molecule has 2 aromatic rings. The van der Waals surface area contributed by atoms with Crippen molar-refractivity contribution in [2.24, 2.45) is 0 Å². The van der Waals surface area contributed by atoms with Gasteiger partial charge in [0.15, 0.2) is 0 Å². The maximum atomic E-state index is 11.9. The Hall–Kier alpha value is -1.82. The largest absolute Gasteiger partial charge is 0.442 e. The number of fused-ring (bicyclic) bond motifs is 1. The Balaban J connectivity index is 2.09. The average Bonchev–Trinajstić information content (AvgIpc) is 2.66. The van der Waals surface area contributed by atoms with Gasteiger partial charge in [-0.15, -0.1) is 11.3 Å². The zero-order chi connectivity index (χ0) is 14.9. The predicted octanol–water partition coefficient (Wildman–Crippen LogP) is 3.80. The summed E-state index contributed by atoms with van der Waals surface area (Å²) in [7, 11) is 1.64. The van der Waals surface area contributed by atoms with Crippen molar-refractivity contribution < 1.29 is 9.53 Å². The number of amides is 1. The van der Waals surface area contributed by atoms with Crippen molar-refractivity contribution in [3.63, 3.8) is 0 Å². The highest BCUT2D eigenvalue weighted by molar-refractivity contribution is 7.18. The minimum absolute atomic E-state index is 0.418. The van der Waals surface area contributed by atoms with Crippen LogP contribution in [0.4, 0.5) is 10.5 Å². The molecule has 108 valence electrons. The molecule has 1 amide bonds. The number of hydrogen-bond acceptors (Lipinski definition) is 5. The molecular weight excluding hydrogens is 274 g/mol. The lowest BCUT2D eigenvalue weighted by molar-refractivity contribution is 0.0339.